The minimum atomic E-state index is 0.112. The summed E-state index contributed by atoms with van der Waals surface area (Å²) >= 11 is 6.02. The lowest BCUT2D eigenvalue weighted by molar-refractivity contribution is 0.415. The summed E-state index contributed by atoms with van der Waals surface area (Å²) in [5.41, 5.74) is 1.10. The fraction of sp³-hybridized carbons (Fsp3) is 0.385. The topological polar surface area (TPSA) is 21.3 Å². The lowest BCUT2D eigenvalue weighted by Crippen LogP contribution is -2.26. The molecule has 0 heterocycles. The summed E-state index contributed by atoms with van der Waals surface area (Å²) in [7, 11) is 1.60. The molecule has 0 aliphatic heterocycles. The first-order chi connectivity index (χ1) is 7.71. The number of rotatable bonds is 5. The van der Waals surface area contributed by atoms with Gasteiger partial charge in [-0.3, -0.25) is 5.32 Å². The van der Waals surface area contributed by atoms with E-state index in [2.05, 4.69) is 18.2 Å². The molecule has 0 aromatic heterocycles. The largest absolute Gasteiger partial charge is 0.495 e. The Hall–Kier alpha value is -1.17. The maximum absolute atomic E-state index is 6.02. The molecule has 3 heteroatoms. The molecule has 2 nitrogen and oxygen atoms in total. The van der Waals surface area contributed by atoms with Crippen LogP contribution in [0, 0.1) is 12.3 Å². The van der Waals surface area contributed by atoms with E-state index in [4.69, 9.17) is 22.8 Å². The highest BCUT2D eigenvalue weighted by molar-refractivity contribution is 6.32. The minimum absolute atomic E-state index is 0.112. The van der Waals surface area contributed by atoms with Crippen molar-refractivity contribution in [3.8, 4) is 18.1 Å². The first kappa shape index (κ1) is 12.9. The average molecular weight is 238 g/mol. The number of benzene rings is 1. The third kappa shape index (κ3) is 3.44. The van der Waals surface area contributed by atoms with Gasteiger partial charge in [0.2, 0.25) is 0 Å². The van der Waals surface area contributed by atoms with Crippen LogP contribution < -0.4 is 10.1 Å². The van der Waals surface area contributed by atoms with E-state index in [-0.39, 0.29) is 6.04 Å². The molecule has 0 aliphatic rings. The zero-order valence-electron chi connectivity index (χ0n) is 9.59. The van der Waals surface area contributed by atoms with Gasteiger partial charge in [0.25, 0.3) is 0 Å². The highest BCUT2D eigenvalue weighted by atomic mass is 35.5. The van der Waals surface area contributed by atoms with Crippen molar-refractivity contribution in [3.05, 3.63) is 28.8 Å². The number of terminal acetylenes is 1. The van der Waals surface area contributed by atoms with Gasteiger partial charge >= 0.3 is 0 Å². The van der Waals surface area contributed by atoms with E-state index in [1.165, 1.54) is 0 Å². The standard InChI is InChI=1S/C13H16ClNO/c1-4-11(5-2)15-9-10-6-7-13(16-3)12(14)8-10/h1,6-8,11,15H,5,9H2,2-3H3. The van der Waals surface area contributed by atoms with Crippen LogP contribution in [-0.4, -0.2) is 13.2 Å². The molecule has 1 N–H and O–H groups in total. The molecule has 1 atom stereocenters. The molecule has 0 amide bonds. The Morgan fingerprint density at radius 3 is 2.81 bits per heavy atom. The van der Waals surface area contributed by atoms with Gasteiger partial charge in [-0.05, 0) is 24.1 Å². The number of hydrogen-bond acceptors (Lipinski definition) is 2. The highest BCUT2D eigenvalue weighted by Gasteiger charge is 2.04. The monoisotopic (exact) mass is 237 g/mol. The van der Waals surface area contributed by atoms with Crippen molar-refractivity contribution in [2.24, 2.45) is 0 Å². The zero-order chi connectivity index (χ0) is 12.0. The molecule has 1 unspecified atom stereocenters. The second-order valence-corrected chi connectivity index (χ2v) is 3.88. The van der Waals surface area contributed by atoms with Crippen molar-refractivity contribution in [2.75, 3.05) is 7.11 Å². The molecule has 1 aromatic rings. The van der Waals surface area contributed by atoms with Gasteiger partial charge in [0.15, 0.2) is 0 Å². The summed E-state index contributed by atoms with van der Waals surface area (Å²) in [5, 5.41) is 3.89. The first-order valence-corrected chi connectivity index (χ1v) is 5.61. The van der Waals surface area contributed by atoms with Gasteiger partial charge in [0.05, 0.1) is 18.2 Å². The highest BCUT2D eigenvalue weighted by Crippen LogP contribution is 2.24. The van der Waals surface area contributed by atoms with Crippen LogP contribution in [0.2, 0.25) is 5.02 Å². The molecule has 0 spiro atoms. The summed E-state index contributed by atoms with van der Waals surface area (Å²) in [6.07, 6.45) is 6.28. The number of hydrogen-bond donors (Lipinski definition) is 1. The number of nitrogens with one attached hydrogen (secondary N) is 1. The normalized spacial score (nSPS) is 11.9. The second-order valence-electron chi connectivity index (χ2n) is 3.48. The maximum atomic E-state index is 6.02. The molecular weight excluding hydrogens is 222 g/mol. The van der Waals surface area contributed by atoms with E-state index in [9.17, 15) is 0 Å². The van der Waals surface area contributed by atoms with E-state index in [1.54, 1.807) is 7.11 Å². The lowest BCUT2D eigenvalue weighted by Gasteiger charge is -2.11. The number of ether oxygens (including phenoxy) is 1. The van der Waals surface area contributed by atoms with E-state index >= 15 is 0 Å². The van der Waals surface area contributed by atoms with Crippen molar-refractivity contribution >= 4 is 11.6 Å². The van der Waals surface area contributed by atoms with Gasteiger partial charge in [-0.25, -0.2) is 0 Å². The molecule has 1 aromatic carbocycles. The Kier molecular flexibility index (Phi) is 5.18. The quantitative estimate of drug-likeness (QED) is 0.796. The molecule has 0 saturated heterocycles. The number of halogens is 1. The van der Waals surface area contributed by atoms with Crippen LogP contribution in [0.15, 0.2) is 18.2 Å². The molecule has 0 fully saturated rings. The second kappa shape index (κ2) is 6.42. The van der Waals surface area contributed by atoms with Gasteiger partial charge < -0.3 is 4.74 Å². The first-order valence-electron chi connectivity index (χ1n) is 5.23. The van der Waals surface area contributed by atoms with Gasteiger partial charge in [0, 0.05) is 6.54 Å². The summed E-state index contributed by atoms with van der Waals surface area (Å²) in [6.45, 7) is 2.77. The van der Waals surface area contributed by atoms with E-state index in [0.717, 1.165) is 12.0 Å². The minimum Gasteiger partial charge on any atom is -0.495 e. The van der Waals surface area contributed by atoms with Gasteiger partial charge in [0.1, 0.15) is 5.75 Å². The Labute approximate surface area is 102 Å². The molecule has 0 saturated carbocycles. The summed E-state index contributed by atoms with van der Waals surface area (Å²) in [5.74, 6) is 3.38. The third-order valence-electron chi connectivity index (χ3n) is 2.38. The van der Waals surface area contributed by atoms with Crippen LogP contribution in [-0.2, 0) is 6.54 Å². The third-order valence-corrected chi connectivity index (χ3v) is 2.67. The molecule has 0 bridgehead atoms. The summed E-state index contributed by atoms with van der Waals surface area (Å²) < 4.78 is 5.08. The predicted molar refractivity (Wildman–Crippen MR) is 67.8 cm³/mol. The SMILES string of the molecule is C#CC(CC)NCc1ccc(OC)c(Cl)c1. The summed E-state index contributed by atoms with van der Waals surface area (Å²) in [4.78, 5) is 0. The van der Waals surface area contributed by atoms with Crippen LogP contribution >= 0.6 is 11.6 Å². The zero-order valence-corrected chi connectivity index (χ0v) is 10.3. The molecule has 1 rings (SSSR count). The van der Waals surface area contributed by atoms with Crippen molar-refractivity contribution < 1.29 is 4.74 Å². The van der Waals surface area contributed by atoms with Crippen LogP contribution in [0.3, 0.4) is 0 Å². The predicted octanol–water partition coefficient (Wildman–Crippen LogP) is 2.85. The molecule has 0 aliphatic carbocycles. The Bertz CT molecular complexity index is 384. The number of methoxy groups -OCH3 is 1. The van der Waals surface area contributed by atoms with Crippen LogP contribution in [0.5, 0.6) is 5.75 Å². The van der Waals surface area contributed by atoms with Crippen molar-refractivity contribution in [1.82, 2.24) is 5.32 Å². The average Bonchev–Trinajstić information content (AvgIpc) is 2.30. The molecule has 86 valence electrons. The Morgan fingerprint density at radius 2 is 2.31 bits per heavy atom. The lowest BCUT2D eigenvalue weighted by atomic mass is 10.2. The fourth-order valence-corrected chi connectivity index (χ4v) is 1.66. The Morgan fingerprint density at radius 1 is 1.56 bits per heavy atom. The van der Waals surface area contributed by atoms with Crippen LogP contribution in [0.1, 0.15) is 18.9 Å². The smallest absolute Gasteiger partial charge is 0.137 e. The van der Waals surface area contributed by atoms with Crippen LogP contribution in [0.4, 0.5) is 0 Å². The Balaban J connectivity index is 2.62. The van der Waals surface area contributed by atoms with Crippen molar-refractivity contribution in [1.29, 1.82) is 0 Å². The van der Waals surface area contributed by atoms with E-state index in [1.807, 2.05) is 18.2 Å². The van der Waals surface area contributed by atoms with Crippen LogP contribution in [0.25, 0.3) is 0 Å². The molecular formula is C13H16ClNO. The summed E-state index contributed by atoms with van der Waals surface area (Å²) in [6, 6.07) is 5.83. The van der Waals surface area contributed by atoms with Gasteiger partial charge in [-0.1, -0.05) is 30.5 Å². The van der Waals surface area contributed by atoms with Gasteiger partial charge in [-0.2, -0.15) is 0 Å². The maximum Gasteiger partial charge on any atom is 0.137 e. The fourth-order valence-electron chi connectivity index (χ4n) is 1.38. The van der Waals surface area contributed by atoms with Crippen molar-refractivity contribution in [3.63, 3.8) is 0 Å². The molecule has 16 heavy (non-hydrogen) atoms. The van der Waals surface area contributed by atoms with Crippen molar-refractivity contribution in [2.45, 2.75) is 25.9 Å². The molecule has 0 radical (unpaired) electrons. The van der Waals surface area contributed by atoms with Gasteiger partial charge in [-0.15, -0.1) is 6.42 Å². The van der Waals surface area contributed by atoms with E-state index in [0.29, 0.717) is 17.3 Å². The van der Waals surface area contributed by atoms with E-state index < -0.39 is 0 Å².